The van der Waals surface area contributed by atoms with E-state index in [1.54, 1.807) is 0 Å². The minimum Gasteiger partial charge on any atom is -0.370 e. The van der Waals surface area contributed by atoms with E-state index in [9.17, 15) is 0 Å². The standard InChI is InChI=1S/C16H27ClN4/c1-4-14-19-15(17)13(3)16(20-14)18-9-7-11-21-10-6-5-8-12(21)2/h12H,4-11H2,1-3H3,(H,18,19,20). The van der Waals surface area contributed by atoms with Gasteiger partial charge < -0.3 is 10.2 Å². The Morgan fingerprint density at radius 2 is 2.14 bits per heavy atom. The van der Waals surface area contributed by atoms with Crippen molar-refractivity contribution in [2.24, 2.45) is 0 Å². The molecule has 1 aromatic heterocycles. The normalized spacial score (nSPS) is 19.7. The first-order valence-electron chi connectivity index (χ1n) is 8.12. The van der Waals surface area contributed by atoms with Gasteiger partial charge in [-0.25, -0.2) is 9.97 Å². The number of nitrogens with one attached hydrogen (secondary N) is 1. The monoisotopic (exact) mass is 310 g/mol. The molecule has 0 spiro atoms. The summed E-state index contributed by atoms with van der Waals surface area (Å²) in [6.07, 6.45) is 6.01. The minimum atomic E-state index is 0.564. The fourth-order valence-corrected chi connectivity index (χ4v) is 3.03. The smallest absolute Gasteiger partial charge is 0.137 e. The first-order valence-corrected chi connectivity index (χ1v) is 8.50. The summed E-state index contributed by atoms with van der Waals surface area (Å²) in [5.41, 5.74) is 0.945. The molecular weight excluding hydrogens is 284 g/mol. The molecule has 118 valence electrons. The van der Waals surface area contributed by atoms with E-state index in [2.05, 4.69) is 27.1 Å². The van der Waals surface area contributed by atoms with Crippen LogP contribution in [0.3, 0.4) is 0 Å². The first-order chi connectivity index (χ1) is 10.1. The Balaban J connectivity index is 1.82. The van der Waals surface area contributed by atoms with Crippen molar-refractivity contribution >= 4 is 17.4 Å². The van der Waals surface area contributed by atoms with Gasteiger partial charge in [0.05, 0.1) is 0 Å². The van der Waals surface area contributed by atoms with Gasteiger partial charge in [0.2, 0.25) is 0 Å². The first kappa shape index (κ1) is 16.5. The van der Waals surface area contributed by atoms with Gasteiger partial charge in [-0.05, 0) is 39.7 Å². The zero-order valence-corrected chi connectivity index (χ0v) is 14.2. The molecule has 1 unspecified atom stereocenters. The molecule has 4 nitrogen and oxygen atoms in total. The minimum absolute atomic E-state index is 0.564. The van der Waals surface area contributed by atoms with E-state index in [1.807, 2.05) is 13.8 Å². The van der Waals surface area contributed by atoms with Crippen LogP contribution in [0.4, 0.5) is 5.82 Å². The zero-order chi connectivity index (χ0) is 15.2. The molecule has 21 heavy (non-hydrogen) atoms. The molecule has 1 aliphatic rings. The van der Waals surface area contributed by atoms with E-state index in [4.69, 9.17) is 11.6 Å². The lowest BCUT2D eigenvalue weighted by atomic mass is 10.0. The summed E-state index contributed by atoms with van der Waals surface area (Å²) < 4.78 is 0. The zero-order valence-electron chi connectivity index (χ0n) is 13.5. The van der Waals surface area contributed by atoms with E-state index in [1.165, 1.54) is 25.8 Å². The molecule has 1 atom stereocenters. The third-order valence-corrected chi connectivity index (χ3v) is 4.67. The second-order valence-electron chi connectivity index (χ2n) is 5.92. The SMILES string of the molecule is CCc1nc(Cl)c(C)c(NCCCN2CCCCC2C)n1. The third-order valence-electron chi connectivity index (χ3n) is 4.30. The van der Waals surface area contributed by atoms with Gasteiger partial charge in [-0.15, -0.1) is 0 Å². The van der Waals surface area contributed by atoms with Crippen LogP contribution in [0.25, 0.3) is 0 Å². The maximum absolute atomic E-state index is 6.15. The van der Waals surface area contributed by atoms with Crippen LogP contribution < -0.4 is 5.32 Å². The maximum atomic E-state index is 6.15. The average molecular weight is 311 g/mol. The molecule has 0 saturated carbocycles. The van der Waals surface area contributed by atoms with Gasteiger partial charge in [0.25, 0.3) is 0 Å². The Labute approximate surface area is 133 Å². The van der Waals surface area contributed by atoms with E-state index >= 15 is 0 Å². The van der Waals surface area contributed by atoms with Gasteiger partial charge in [-0.3, -0.25) is 0 Å². The Hall–Kier alpha value is -0.870. The molecule has 1 saturated heterocycles. The molecule has 0 bridgehead atoms. The number of piperidine rings is 1. The fraction of sp³-hybridized carbons (Fsp3) is 0.750. The average Bonchev–Trinajstić information content (AvgIpc) is 2.49. The van der Waals surface area contributed by atoms with Crippen LogP contribution in [0.5, 0.6) is 0 Å². The van der Waals surface area contributed by atoms with Gasteiger partial charge in [0.15, 0.2) is 0 Å². The molecule has 2 rings (SSSR count). The third kappa shape index (κ3) is 4.55. The maximum Gasteiger partial charge on any atom is 0.137 e. The van der Waals surface area contributed by atoms with Crippen molar-refractivity contribution in [1.82, 2.24) is 14.9 Å². The molecule has 2 heterocycles. The predicted octanol–water partition coefficient (Wildman–Crippen LogP) is 3.68. The number of likely N-dealkylation sites (tertiary alicyclic amines) is 1. The van der Waals surface area contributed by atoms with Crippen LogP contribution in [0, 0.1) is 6.92 Å². The van der Waals surface area contributed by atoms with E-state index in [0.717, 1.165) is 49.2 Å². The number of anilines is 1. The molecule has 0 amide bonds. The van der Waals surface area contributed by atoms with Crippen molar-refractivity contribution in [1.29, 1.82) is 0 Å². The number of aromatic nitrogens is 2. The molecule has 1 aromatic rings. The highest BCUT2D eigenvalue weighted by Crippen LogP contribution is 2.20. The molecule has 1 fully saturated rings. The number of halogens is 1. The molecule has 1 aliphatic heterocycles. The van der Waals surface area contributed by atoms with Crippen molar-refractivity contribution in [3.63, 3.8) is 0 Å². The highest BCUT2D eigenvalue weighted by atomic mass is 35.5. The van der Waals surface area contributed by atoms with Gasteiger partial charge in [0.1, 0.15) is 16.8 Å². The number of hydrogen-bond donors (Lipinski definition) is 1. The Morgan fingerprint density at radius 1 is 1.33 bits per heavy atom. The van der Waals surface area contributed by atoms with E-state index in [0.29, 0.717) is 5.15 Å². The van der Waals surface area contributed by atoms with Gasteiger partial charge >= 0.3 is 0 Å². The highest BCUT2D eigenvalue weighted by Gasteiger charge is 2.17. The van der Waals surface area contributed by atoms with Crippen LogP contribution in [0.2, 0.25) is 5.15 Å². The molecule has 0 radical (unpaired) electrons. The lowest BCUT2D eigenvalue weighted by molar-refractivity contribution is 0.160. The summed E-state index contributed by atoms with van der Waals surface area (Å²) >= 11 is 6.15. The van der Waals surface area contributed by atoms with Crippen molar-refractivity contribution in [2.75, 3.05) is 25.0 Å². The molecule has 1 N–H and O–H groups in total. The van der Waals surface area contributed by atoms with Gasteiger partial charge in [-0.2, -0.15) is 0 Å². The molecule has 5 heteroatoms. The van der Waals surface area contributed by atoms with Crippen LogP contribution in [0.15, 0.2) is 0 Å². The Kier molecular flexibility index (Phi) is 6.24. The summed E-state index contributed by atoms with van der Waals surface area (Å²) in [4.78, 5) is 11.4. The Morgan fingerprint density at radius 3 is 2.86 bits per heavy atom. The van der Waals surface area contributed by atoms with Crippen molar-refractivity contribution < 1.29 is 0 Å². The quantitative estimate of drug-likeness (QED) is 0.643. The second-order valence-corrected chi connectivity index (χ2v) is 6.28. The topological polar surface area (TPSA) is 41.1 Å². The van der Waals surface area contributed by atoms with Crippen LogP contribution >= 0.6 is 11.6 Å². The van der Waals surface area contributed by atoms with Crippen LogP contribution in [0.1, 0.15) is 50.9 Å². The summed E-state index contributed by atoms with van der Waals surface area (Å²) in [5, 5.41) is 3.98. The second kappa shape index (κ2) is 7.95. The number of rotatable bonds is 6. The molecular formula is C16H27ClN4. The highest BCUT2D eigenvalue weighted by molar-refractivity contribution is 6.30. The van der Waals surface area contributed by atoms with Crippen molar-refractivity contribution in [3.05, 3.63) is 16.5 Å². The van der Waals surface area contributed by atoms with Crippen molar-refractivity contribution in [2.45, 2.75) is 58.9 Å². The van der Waals surface area contributed by atoms with Crippen LogP contribution in [-0.4, -0.2) is 40.5 Å². The lowest BCUT2D eigenvalue weighted by Gasteiger charge is -2.33. The van der Waals surface area contributed by atoms with E-state index in [-0.39, 0.29) is 0 Å². The summed E-state index contributed by atoms with van der Waals surface area (Å²) in [6, 6.07) is 0.737. The lowest BCUT2D eigenvalue weighted by Crippen LogP contribution is -2.38. The number of nitrogens with zero attached hydrogens (tertiary/aromatic N) is 3. The van der Waals surface area contributed by atoms with Crippen molar-refractivity contribution in [3.8, 4) is 0 Å². The van der Waals surface area contributed by atoms with Gasteiger partial charge in [-0.1, -0.05) is 24.9 Å². The van der Waals surface area contributed by atoms with E-state index < -0.39 is 0 Å². The summed E-state index contributed by atoms with van der Waals surface area (Å²) in [6.45, 7) is 9.69. The molecule has 0 aromatic carbocycles. The van der Waals surface area contributed by atoms with Crippen LogP contribution in [-0.2, 0) is 6.42 Å². The Bertz CT molecular complexity index is 464. The summed E-state index contributed by atoms with van der Waals surface area (Å²) in [5.74, 6) is 1.69. The molecule has 0 aliphatic carbocycles. The number of hydrogen-bond acceptors (Lipinski definition) is 4. The van der Waals surface area contributed by atoms with Gasteiger partial charge in [0, 0.05) is 31.1 Å². The largest absolute Gasteiger partial charge is 0.370 e. The summed E-state index contributed by atoms with van der Waals surface area (Å²) in [7, 11) is 0. The number of aryl methyl sites for hydroxylation is 1. The predicted molar refractivity (Wildman–Crippen MR) is 89.1 cm³/mol. The fourth-order valence-electron chi connectivity index (χ4n) is 2.84.